The van der Waals surface area contributed by atoms with Gasteiger partial charge in [0.2, 0.25) is 0 Å². The summed E-state index contributed by atoms with van der Waals surface area (Å²) in [6, 6.07) is 67.6. The van der Waals surface area contributed by atoms with Gasteiger partial charge in [0.25, 0.3) is 0 Å². The molecule has 0 unspecified atom stereocenters. The van der Waals surface area contributed by atoms with E-state index in [1.807, 2.05) is 6.07 Å². The second kappa shape index (κ2) is 11.5. The van der Waals surface area contributed by atoms with E-state index < -0.39 is 0 Å². The van der Waals surface area contributed by atoms with Crippen molar-refractivity contribution in [2.24, 2.45) is 0 Å². The number of fused-ring (bicyclic) bond motifs is 8. The fraction of sp³-hybridized carbons (Fsp3) is 0. The summed E-state index contributed by atoms with van der Waals surface area (Å²) >= 11 is 0. The second-order valence-corrected chi connectivity index (χ2v) is 12.9. The zero-order valence-corrected chi connectivity index (χ0v) is 27.3. The lowest BCUT2D eigenvalue weighted by atomic mass is 9.95. The van der Waals surface area contributed by atoms with Crippen molar-refractivity contribution in [1.29, 1.82) is 0 Å². The van der Waals surface area contributed by atoms with Crippen LogP contribution in [-0.2, 0) is 0 Å². The van der Waals surface area contributed by atoms with E-state index in [1.54, 1.807) is 0 Å². The first-order valence-electron chi connectivity index (χ1n) is 17.1. The van der Waals surface area contributed by atoms with Crippen LogP contribution in [0.5, 0.6) is 0 Å². The number of anilines is 3. The van der Waals surface area contributed by atoms with Crippen molar-refractivity contribution in [2.75, 3.05) is 4.90 Å². The van der Waals surface area contributed by atoms with Gasteiger partial charge in [0.1, 0.15) is 11.2 Å². The monoisotopic (exact) mass is 637 g/mol. The Labute approximate surface area is 290 Å². The van der Waals surface area contributed by atoms with Crippen molar-refractivity contribution in [3.8, 4) is 22.3 Å². The van der Waals surface area contributed by atoms with Gasteiger partial charge >= 0.3 is 0 Å². The third-order valence-electron chi connectivity index (χ3n) is 10.0. The Kier molecular flexibility index (Phi) is 6.53. The first kappa shape index (κ1) is 28.4. The third kappa shape index (κ3) is 4.65. The highest BCUT2D eigenvalue weighted by atomic mass is 16.3. The minimum atomic E-state index is 0.914. The van der Waals surface area contributed by atoms with Crippen LogP contribution in [0.4, 0.5) is 17.1 Å². The molecule has 0 aliphatic rings. The number of rotatable bonds is 5. The molecule has 0 fully saturated rings. The summed E-state index contributed by atoms with van der Waals surface area (Å²) in [4.78, 5) is 2.38. The standard InChI is InChI=1S/C48H31NO/c1-2-11-32(12-3-1)36-14-10-15-38(29-36)49(39-28-25-34-22-21-33-13-4-5-16-40(33)44(34)30-39)37-26-23-35(24-27-37)45-31-46-42-18-8-9-20-47(42)50-48(46)43-19-7-6-17-41(43)45/h1-31H. The van der Waals surface area contributed by atoms with Crippen molar-refractivity contribution in [3.63, 3.8) is 0 Å². The molecular formula is C48H31NO. The summed E-state index contributed by atoms with van der Waals surface area (Å²) in [5.74, 6) is 0. The van der Waals surface area contributed by atoms with Gasteiger partial charge in [-0.1, -0.05) is 140 Å². The van der Waals surface area contributed by atoms with Crippen molar-refractivity contribution < 1.29 is 4.42 Å². The minimum Gasteiger partial charge on any atom is -0.455 e. The molecule has 10 aromatic rings. The molecule has 0 aliphatic carbocycles. The van der Waals surface area contributed by atoms with Crippen LogP contribution in [0.25, 0.3) is 76.5 Å². The van der Waals surface area contributed by atoms with Gasteiger partial charge in [0, 0.05) is 33.2 Å². The van der Waals surface area contributed by atoms with Gasteiger partial charge in [-0.15, -0.1) is 0 Å². The Bertz CT molecular complexity index is 2870. The largest absolute Gasteiger partial charge is 0.455 e. The topological polar surface area (TPSA) is 16.4 Å². The van der Waals surface area contributed by atoms with Crippen molar-refractivity contribution in [3.05, 3.63) is 188 Å². The molecule has 0 aliphatic heterocycles. The first-order chi connectivity index (χ1) is 24.8. The molecule has 1 heterocycles. The maximum atomic E-state index is 6.40. The molecule has 0 atom stereocenters. The summed E-state index contributed by atoms with van der Waals surface area (Å²) in [6.45, 7) is 0. The van der Waals surface area contributed by atoms with Crippen LogP contribution in [-0.4, -0.2) is 0 Å². The number of hydrogen-bond donors (Lipinski definition) is 0. The molecule has 0 radical (unpaired) electrons. The van der Waals surface area contributed by atoms with Crippen LogP contribution in [0.1, 0.15) is 0 Å². The first-order valence-corrected chi connectivity index (χ1v) is 17.1. The Morgan fingerprint density at radius 2 is 0.940 bits per heavy atom. The average Bonchev–Trinajstić information content (AvgIpc) is 3.57. The Morgan fingerprint density at radius 3 is 1.78 bits per heavy atom. The fourth-order valence-electron chi connectivity index (χ4n) is 7.61. The van der Waals surface area contributed by atoms with Crippen molar-refractivity contribution in [1.82, 2.24) is 0 Å². The predicted molar refractivity (Wildman–Crippen MR) is 212 cm³/mol. The van der Waals surface area contributed by atoms with Crippen LogP contribution < -0.4 is 4.90 Å². The molecule has 2 heteroatoms. The number of furan rings is 1. The van der Waals surface area contributed by atoms with Gasteiger partial charge in [0.05, 0.1) is 0 Å². The van der Waals surface area contributed by atoms with Crippen LogP contribution >= 0.6 is 0 Å². The van der Waals surface area contributed by atoms with Gasteiger partial charge < -0.3 is 9.32 Å². The van der Waals surface area contributed by atoms with Crippen LogP contribution in [0, 0.1) is 0 Å². The van der Waals surface area contributed by atoms with Crippen molar-refractivity contribution >= 4 is 71.3 Å². The number of hydrogen-bond acceptors (Lipinski definition) is 2. The van der Waals surface area contributed by atoms with E-state index in [1.165, 1.54) is 49.2 Å². The molecule has 0 amide bonds. The van der Waals surface area contributed by atoms with Gasteiger partial charge in [-0.3, -0.25) is 0 Å². The molecule has 10 rings (SSSR count). The van der Waals surface area contributed by atoms with Gasteiger partial charge in [-0.2, -0.15) is 0 Å². The lowest BCUT2D eigenvalue weighted by Crippen LogP contribution is -2.10. The molecule has 0 saturated heterocycles. The smallest absolute Gasteiger partial charge is 0.143 e. The zero-order chi connectivity index (χ0) is 33.0. The normalized spacial score (nSPS) is 11.6. The molecule has 0 bridgehead atoms. The van der Waals surface area contributed by atoms with Gasteiger partial charge in [-0.25, -0.2) is 0 Å². The minimum absolute atomic E-state index is 0.914. The van der Waals surface area contributed by atoms with E-state index in [9.17, 15) is 0 Å². The highest BCUT2D eigenvalue weighted by molar-refractivity contribution is 6.19. The van der Waals surface area contributed by atoms with E-state index in [0.717, 1.165) is 44.4 Å². The maximum Gasteiger partial charge on any atom is 0.143 e. The van der Waals surface area contributed by atoms with E-state index in [-0.39, 0.29) is 0 Å². The average molecular weight is 638 g/mol. The van der Waals surface area contributed by atoms with Gasteiger partial charge in [0.15, 0.2) is 0 Å². The molecule has 0 saturated carbocycles. The molecule has 0 spiro atoms. The van der Waals surface area contributed by atoms with E-state index in [4.69, 9.17) is 4.42 Å². The second-order valence-electron chi connectivity index (χ2n) is 12.9. The molecule has 0 N–H and O–H groups in total. The lowest BCUT2D eigenvalue weighted by Gasteiger charge is -2.27. The predicted octanol–water partition coefficient (Wildman–Crippen LogP) is 13.8. The lowest BCUT2D eigenvalue weighted by molar-refractivity contribution is 0.672. The highest BCUT2D eigenvalue weighted by Gasteiger charge is 2.18. The Balaban J connectivity index is 1.15. The SMILES string of the molecule is c1ccc(-c2cccc(N(c3ccc(-c4cc5c6ccccc6oc5c5ccccc45)cc3)c3ccc4ccc5ccccc5c4c3)c2)cc1. The van der Waals surface area contributed by atoms with Crippen LogP contribution in [0.2, 0.25) is 0 Å². The van der Waals surface area contributed by atoms with Crippen molar-refractivity contribution in [2.45, 2.75) is 0 Å². The summed E-state index contributed by atoms with van der Waals surface area (Å²) in [6.07, 6.45) is 0. The number of benzene rings is 9. The third-order valence-corrected chi connectivity index (χ3v) is 10.0. The maximum absolute atomic E-state index is 6.40. The van der Waals surface area contributed by atoms with E-state index >= 15 is 0 Å². The van der Waals surface area contributed by atoms with Crippen LogP contribution in [0.3, 0.4) is 0 Å². The van der Waals surface area contributed by atoms with E-state index in [0.29, 0.717) is 0 Å². The quantitative estimate of drug-likeness (QED) is 0.175. The zero-order valence-electron chi connectivity index (χ0n) is 27.3. The van der Waals surface area contributed by atoms with E-state index in [2.05, 4.69) is 187 Å². The highest BCUT2D eigenvalue weighted by Crippen LogP contribution is 2.42. The molecule has 50 heavy (non-hydrogen) atoms. The molecule has 234 valence electrons. The molecule has 1 aromatic heterocycles. The van der Waals surface area contributed by atoms with Gasteiger partial charge in [-0.05, 0) is 97.7 Å². The Morgan fingerprint density at radius 1 is 0.320 bits per heavy atom. The molecule has 9 aromatic carbocycles. The summed E-state index contributed by atoms with van der Waals surface area (Å²) in [5.41, 5.74) is 9.91. The number of para-hydroxylation sites is 1. The number of nitrogens with zero attached hydrogens (tertiary/aromatic N) is 1. The molecular weight excluding hydrogens is 607 g/mol. The van der Waals surface area contributed by atoms with Crippen LogP contribution in [0.15, 0.2) is 192 Å². The summed E-state index contributed by atoms with van der Waals surface area (Å²) < 4.78 is 6.40. The molecule has 2 nitrogen and oxygen atoms in total. The Hall–Kier alpha value is -6.64. The summed E-state index contributed by atoms with van der Waals surface area (Å²) in [5, 5.41) is 9.57. The fourth-order valence-corrected chi connectivity index (χ4v) is 7.61. The summed E-state index contributed by atoms with van der Waals surface area (Å²) in [7, 11) is 0.